The summed E-state index contributed by atoms with van der Waals surface area (Å²) >= 11 is 0. The molecule has 0 saturated carbocycles. The molecule has 2 rings (SSSR count). The number of hydrogen-bond donors (Lipinski definition) is 2. The van der Waals surface area contributed by atoms with Gasteiger partial charge in [-0.3, -0.25) is 0 Å². The van der Waals surface area contributed by atoms with Gasteiger partial charge in [0.15, 0.2) is 17.5 Å². The van der Waals surface area contributed by atoms with Crippen LogP contribution in [0, 0.1) is 0 Å². The molecule has 0 amide bonds. The van der Waals surface area contributed by atoms with E-state index in [4.69, 9.17) is 15.2 Å². The minimum absolute atomic E-state index is 0. The second-order valence-electron chi connectivity index (χ2n) is 4.51. The standard InChI is InChI=1S/C15H20N4O2.HI/c1-19-8-4-5-12(19)10-17-15(16)18-11-6-7-13(20-2)14(9-11)21-3;/h4-9H,10H2,1-3H3,(H3,16,17,18);1H. The summed E-state index contributed by atoms with van der Waals surface area (Å²) in [5.74, 6) is 1.66. The van der Waals surface area contributed by atoms with Crippen LogP contribution < -0.4 is 20.5 Å². The van der Waals surface area contributed by atoms with Gasteiger partial charge in [-0.15, -0.1) is 24.0 Å². The summed E-state index contributed by atoms with van der Waals surface area (Å²) in [4.78, 5) is 4.31. The molecule has 7 heteroatoms. The summed E-state index contributed by atoms with van der Waals surface area (Å²) < 4.78 is 12.4. The van der Waals surface area contributed by atoms with Crippen LogP contribution in [0.1, 0.15) is 5.69 Å². The van der Waals surface area contributed by atoms with Crippen LogP contribution in [0.25, 0.3) is 0 Å². The number of nitrogens with zero attached hydrogens (tertiary/aromatic N) is 2. The highest BCUT2D eigenvalue weighted by Crippen LogP contribution is 2.29. The second-order valence-corrected chi connectivity index (χ2v) is 4.51. The zero-order valence-corrected chi connectivity index (χ0v) is 15.2. The molecule has 0 saturated heterocycles. The van der Waals surface area contributed by atoms with Crippen molar-refractivity contribution in [2.24, 2.45) is 17.8 Å². The van der Waals surface area contributed by atoms with Gasteiger partial charge in [-0.1, -0.05) is 0 Å². The maximum absolute atomic E-state index is 5.89. The molecule has 0 aliphatic heterocycles. The van der Waals surface area contributed by atoms with Crippen LogP contribution in [0.4, 0.5) is 5.69 Å². The van der Waals surface area contributed by atoms with Crippen LogP contribution in [0.3, 0.4) is 0 Å². The summed E-state index contributed by atoms with van der Waals surface area (Å²) in [6.45, 7) is 0.523. The van der Waals surface area contributed by atoms with Crippen molar-refractivity contribution in [2.45, 2.75) is 6.54 Å². The van der Waals surface area contributed by atoms with Crippen LogP contribution >= 0.6 is 24.0 Å². The molecule has 1 aromatic carbocycles. The number of halogens is 1. The van der Waals surface area contributed by atoms with E-state index in [1.165, 1.54) is 0 Å². The van der Waals surface area contributed by atoms with E-state index in [2.05, 4.69) is 10.3 Å². The molecule has 120 valence electrons. The number of methoxy groups -OCH3 is 2. The molecule has 6 nitrogen and oxygen atoms in total. The van der Waals surface area contributed by atoms with Gasteiger partial charge in [-0.05, 0) is 24.3 Å². The summed E-state index contributed by atoms with van der Waals surface area (Å²) in [6.07, 6.45) is 1.98. The Morgan fingerprint density at radius 3 is 2.55 bits per heavy atom. The van der Waals surface area contributed by atoms with Gasteiger partial charge in [0.1, 0.15) is 0 Å². The van der Waals surface area contributed by atoms with Crippen molar-refractivity contribution in [2.75, 3.05) is 19.5 Å². The third kappa shape index (κ3) is 4.55. The number of nitrogens with one attached hydrogen (secondary N) is 1. The average Bonchev–Trinajstić information content (AvgIpc) is 2.90. The lowest BCUT2D eigenvalue weighted by Crippen LogP contribution is -2.22. The molecule has 0 radical (unpaired) electrons. The van der Waals surface area contributed by atoms with Gasteiger partial charge in [0.2, 0.25) is 0 Å². The van der Waals surface area contributed by atoms with E-state index in [1.54, 1.807) is 14.2 Å². The van der Waals surface area contributed by atoms with Crippen LogP contribution in [-0.4, -0.2) is 24.7 Å². The molecule has 22 heavy (non-hydrogen) atoms. The third-order valence-electron chi connectivity index (χ3n) is 3.12. The SMILES string of the molecule is COc1ccc(NC(N)=NCc2cccn2C)cc1OC.I. The molecular weight excluding hydrogens is 395 g/mol. The van der Waals surface area contributed by atoms with Crippen molar-refractivity contribution in [3.8, 4) is 11.5 Å². The van der Waals surface area contributed by atoms with Crippen molar-refractivity contribution in [1.29, 1.82) is 0 Å². The van der Waals surface area contributed by atoms with E-state index in [0.717, 1.165) is 11.4 Å². The minimum Gasteiger partial charge on any atom is -0.493 e. The van der Waals surface area contributed by atoms with Gasteiger partial charge in [-0.2, -0.15) is 0 Å². The average molecular weight is 416 g/mol. The molecule has 0 spiro atoms. The maximum atomic E-state index is 5.89. The first-order valence-electron chi connectivity index (χ1n) is 6.53. The number of anilines is 1. The smallest absolute Gasteiger partial charge is 0.193 e. The molecule has 0 atom stereocenters. The van der Waals surface area contributed by atoms with E-state index in [9.17, 15) is 0 Å². The summed E-state index contributed by atoms with van der Waals surface area (Å²) in [5, 5.41) is 3.03. The fourth-order valence-corrected chi connectivity index (χ4v) is 1.93. The number of guanidine groups is 1. The highest BCUT2D eigenvalue weighted by Gasteiger charge is 2.05. The quantitative estimate of drug-likeness (QED) is 0.447. The van der Waals surface area contributed by atoms with E-state index >= 15 is 0 Å². The van der Waals surface area contributed by atoms with E-state index in [-0.39, 0.29) is 24.0 Å². The van der Waals surface area contributed by atoms with Crippen LogP contribution in [-0.2, 0) is 13.6 Å². The first kappa shape index (κ1) is 18.1. The molecule has 0 aliphatic carbocycles. The van der Waals surface area contributed by atoms with Gasteiger partial charge < -0.3 is 25.1 Å². The van der Waals surface area contributed by atoms with Crippen molar-refractivity contribution < 1.29 is 9.47 Å². The zero-order valence-electron chi connectivity index (χ0n) is 12.9. The molecule has 0 unspecified atom stereocenters. The van der Waals surface area contributed by atoms with Crippen LogP contribution in [0.15, 0.2) is 41.5 Å². The lowest BCUT2D eigenvalue weighted by molar-refractivity contribution is 0.355. The number of nitrogens with two attached hydrogens (primary N) is 1. The zero-order chi connectivity index (χ0) is 15.2. The van der Waals surface area contributed by atoms with Gasteiger partial charge in [-0.25, -0.2) is 4.99 Å². The fourth-order valence-electron chi connectivity index (χ4n) is 1.93. The van der Waals surface area contributed by atoms with E-state index in [0.29, 0.717) is 24.0 Å². The molecule has 0 bridgehead atoms. The molecule has 2 aromatic rings. The molecule has 0 fully saturated rings. The van der Waals surface area contributed by atoms with E-state index in [1.807, 2.05) is 48.1 Å². The predicted molar refractivity (Wildman–Crippen MR) is 99.3 cm³/mol. The highest BCUT2D eigenvalue weighted by atomic mass is 127. The van der Waals surface area contributed by atoms with Gasteiger partial charge in [0, 0.05) is 30.7 Å². The molecular formula is C15H21IN4O2. The summed E-state index contributed by atoms with van der Waals surface area (Å²) in [6, 6.07) is 9.46. The number of hydrogen-bond acceptors (Lipinski definition) is 3. The second kappa shape index (κ2) is 8.52. The Morgan fingerprint density at radius 1 is 1.23 bits per heavy atom. The normalized spacial score (nSPS) is 10.8. The lowest BCUT2D eigenvalue weighted by Gasteiger charge is -2.11. The number of ether oxygens (including phenoxy) is 2. The minimum atomic E-state index is 0. The molecule has 3 N–H and O–H groups in total. The van der Waals surface area contributed by atoms with Crippen molar-refractivity contribution >= 4 is 35.6 Å². The summed E-state index contributed by atoms with van der Waals surface area (Å²) in [5.41, 5.74) is 7.77. The first-order valence-corrected chi connectivity index (χ1v) is 6.53. The van der Waals surface area contributed by atoms with Crippen LogP contribution in [0.2, 0.25) is 0 Å². The Bertz CT molecular complexity index is 640. The Hall–Kier alpha value is -1.90. The number of rotatable bonds is 5. The highest BCUT2D eigenvalue weighted by molar-refractivity contribution is 14.0. The van der Waals surface area contributed by atoms with Crippen LogP contribution in [0.5, 0.6) is 11.5 Å². The van der Waals surface area contributed by atoms with Gasteiger partial charge in [0.05, 0.1) is 20.8 Å². The first-order chi connectivity index (χ1) is 10.1. The Balaban J connectivity index is 0.00000242. The largest absolute Gasteiger partial charge is 0.493 e. The van der Waals surface area contributed by atoms with Crippen molar-refractivity contribution in [1.82, 2.24) is 4.57 Å². The lowest BCUT2D eigenvalue weighted by atomic mass is 10.3. The Morgan fingerprint density at radius 2 is 1.95 bits per heavy atom. The molecule has 1 heterocycles. The van der Waals surface area contributed by atoms with Crippen molar-refractivity contribution in [3.63, 3.8) is 0 Å². The maximum Gasteiger partial charge on any atom is 0.193 e. The predicted octanol–water partition coefficient (Wildman–Crippen LogP) is 2.59. The number of aryl methyl sites for hydroxylation is 1. The monoisotopic (exact) mass is 416 g/mol. The number of aromatic nitrogens is 1. The van der Waals surface area contributed by atoms with Gasteiger partial charge >= 0.3 is 0 Å². The van der Waals surface area contributed by atoms with Crippen molar-refractivity contribution in [3.05, 3.63) is 42.2 Å². The number of aliphatic imine (C=N–C) groups is 1. The molecule has 1 aromatic heterocycles. The fraction of sp³-hybridized carbons (Fsp3) is 0.267. The van der Waals surface area contributed by atoms with E-state index < -0.39 is 0 Å². The summed E-state index contributed by atoms with van der Waals surface area (Å²) in [7, 11) is 5.16. The molecule has 0 aliphatic rings. The topological polar surface area (TPSA) is 73.8 Å². The Labute approximate surface area is 147 Å². The number of benzene rings is 1. The Kier molecular flexibility index (Phi) is 7.03. The van der Waals surface area contributed by atoms with Gasteiger partial charge in [0.25, 0.3) is 0 Å². The third-order valence-corrected chi connectivity index (χ3v) is 3.12.